The van der Waals surface area contributed by atoms with Gasteiger partial charge in [-0.1, -0.05) is 12.1 Å². The number of rotatable bonds is 3. The fraction of sp³-hybridized carbons (Fsp3) is 0.412. The number of likely N-dealkylation sites (N-methyl/N-ethyl adjacent to an activating group) is 1. The fourth-order valence-electron chi connectivity index (χ4n) is 2.96. The lowest BCUT2D eigenvalue weighted by Crippen LogP contribution is -2.48. The normalized spacial score (nSPS) is 18.9. The molecule has 1 aliphatic rings. The van der Waals surface area contributed by atoms with E-state index in [1.54, 1.807) is 24.2 Å². The third kappa shape index (κ3) is 3.22. The molecule has 23 heavy (non-hydrogen) atoms. The summed E-state index contributed by atoms with van der Waals surface area (Å²) in [4.78, 5) is 16.8. The molecule has 0 N–H and O–H groups in total. The number of piperazine rings is 1. The lowest BCUT2D eigenvalue weighted by Gasteiger charge is -2.39. The van der Waals surface area contributed by atoms with Crippen LogP contribution < -0.4 is 4.74 Å². The van der Waals surface area contributed by atoms with Crippen molar-refractivity contribution in [1.29, 1.82) is 0 Å². The number of hydrogen-bond acceptors (Lipinski definition) is 4. The lowest BCUT2D eigenvalue weighted by molar-refractivity contribution is 0.0546. The largest absolute Gasteiger partial charge is 0.497 e. The number of benzene rings is 1. The second-order valence-corrected chi connectivity index (χ2v) is 5.92. The molecule has 0 aliphatic carbocycles. The highest BCUT2D eigenvalue weighted by Gasteiger charge is 2.29. The van der Waals surface area contributed by atoms with Crippen molar-refractivity contribution in [2.75, 3.05) is 33.8 Å². The van der Waals surface area contributed by atoms with Crippen molar-refractivity contribution in [3.63, 3.8) is 0 Å². The monoisotopic (exact) mass is 314 g/mol. The minimum Gasteiger partial charge on any atom is -0.497 e. The van der Waals surface area contributed by atoms with Gasteiger partial charge in [0, 0.05) is 32.9 Å². The summed E-state index contributed by atoms with van der Waals surface area (Å²) < 4.78 is 6.87. The Hall–Kier alpha value is -2.34. The van der Waals surface area contributed by atoms with Crippen LogP contribution in [0.25, 0.3) is 0 Å². The van der Waals surface area contributed by atoms with Gasteiger partial charge >= 0.3 is 0 Å². The number of carbonyl (C=O) groups excluding carboxylic acids is 1. The summed E-state index contributed by atoms with van der Waals surface area (Å²) in [7, 11) is 5.58. The number of hydrogen-bond donors (Lipinski definition) is 0. The summed E-state index contributed by atoms with van der Waals surface area (Å²) in [5, 5.41) is 4.09. The molecule has 122 valence electrons. The minimum absolute atomic E-state index is 0.0460. The quantitative estimate of drug-likeness (QED) is 0.863. The van der Waals surface area contributed by atoms with Crippen LogP contribution in [0, 0.1) is 0 Å². The van der Waals surface area contributed by atoms with Gasteiger partial charge in [0.1, 0.15) is 5.75 Å². The van der Waals surface area contributed by atoms with Crippen LogP contribution in [-0.2, 0) is 7.05 Å². The fourth-order valence-corrected chi connectivity index (χ4v) is 2.96. The lowest BCUT2D eigenvalue weighted by atomic mass is 10.0. The summed E-state index contributed by atoms with van der Waals surface area (Å²) in [6.45, 7) is 2.26. The number of methoxy groups -OCH3 is 1. The molecule has 1 aromatic carbocycles. The Morgan fingerprint density at radius 2 is 1.96 bits per heavy atom. The number of aryl methyl sites for hydroxylation is 1. The van der Waals surface area contributed by atoms with E-state index in [1.807, 2.05) is 24.1 Å². The Labute approximate surface area is 136 Å². The third-order valence-electron chi connectivity index (χ3n) is 4.39. The third-order valence-corrected chi connectivity index (χ3v) is 4.39. The van der Waals surface area contributed by atoms with E-state index in [4.69, 9.17) is 4.74 Å². The van der Waals surface area contributed by atoms with Crippen molar-refractivity contribution in [3.8, 4) is 5.75 Å². The summed E-state index contributed by atoms with van der Waals surface area (Å²) >= 11 is 0. The summed E-state index contributed by atoms with van der Waals surface area (Å²) in [6.07, 6.45) is 3.39. The van der Waals surface area contributed by atoms with Crippen molar-refractivity contribution in [1.82, 2.24) is 19.6 Å². The van der Waals surface area contributed by atoms with Crippen LogP contribution in [0.5, 0.6) is 5.75 Å². The predicted molar refractivity (Wildman–Crippen MR) is 87.5 cm³/mol. The standard InChI is InChI=1S/C17H22N4O2/c1-19-8-9-21(17(22)14-10-18-20(2)11-14)12-16(19)13-4-6-15(23-3)7-5-13/h4-7,10-11,16H,8-9,12H2,1-3H3/t16-/m0/s1. The predicted octanol–water partition coefficient (Wildman–Crippen LogP) is 1.56. The maximum Gasteiger partial charge on any atom is 0.257 e. The second kappa shape index (κ2) is 6.42. The van der Waals surface area contributed by atoms with Gasteiger partial charge in [0.2, 0.25) is 0 Å². The Bertz CT molecular complexity index is 680. The molecule has 2 aromatic rings. The number of nitrogens with zero attached hydrogens (tertiary/aromatic N) is 4. The second-order valence-electron chi connectivity index (χ2n) is 5.92. The van der Waals surface area contributed by atoms with Crippen LogP contribution in [0.4, 0.5) is 0 Å². The molecule has 1 atom stereocenters. The molecule has 0 saturated carbocycles. The van der Waals surface area contributed by atoms with Crippen molar-refractivity contribution >= 4 is 5.91 Å². The van der Waals surface area contributed by atoms with Crippen molar-refractivity contribution in [2.45, 2.75) is 6.04 Å². The van der Waals surface area contributed by atoms with Crippen LogP contribution in [0.3, 0.4) is 0 Å². The summed E-state index contributed by atoms with van der Waals surface area (Å²) in [6, 6.07) is 8.25. The molecule has 6 nitrogen and oxygen atoms in total. The van der Waals surface area contributed by atoms with Gasteiger partial charge in [0.05, 0.1) is 24.9 Å². The first-order valence-electron chi connectivity index (χ1n) is 7.70. The number of ether oxygens (including phenoxy) is 1. The Morgan fingerprint density at radius 3 is 2.57 bits per heavy atom. The van der Waals surface area contributed by atoms with Gasteiger partial charge in [-0.15, -0.1) is 0 Å². The molecule has 0 radical (unpaired) electrons. The van der Waals surface area contributed by atoms with Crippen LogP contribution in [0.1, 0.15) is 22.0 Å². The van der Waals surface area contributed by atoms with Gasteiger partial charge in [-0.2, -0.15) is 5.10 Å². The van der Waals surface area contributed by atoms with E-state index in [9.17, 15) is 4.79 Å². The van der Waals surface area contributed by atoms with Gasteiger partial charge in [-0.3, -0.25) is 14.4 Å². The Kier molecular flexibility index (Phi) is 4.34. The Morgan fingerprint density at radius 1 is 1.22 bits per heavy atom. The topological polar surface area (TPSA) is 50.6 Å². The zero-order valence-electron chi connectivity index (χ0n) is 13.8. The molecule has 1 amide bonds. The zero-order valence-corrected chi connectivity index (χ0v) is 13.8. The molecule has 6 heteroatoms. The maximum absolute atomic E-state index is 12.6. The van der Waals surface area contributed by atoms with Gasteiger partial charge in [0.15, 0.2) is 0 Å². The molecule has 2 heterocycles. The maximum atomic E-state index is 12.6. The Balaban J connectivity index is 1.77. The molecule has 3 rings (SSSR count). The molecular formula is C17H22N4O2. The first-order valence-corrected chi connectivity index (χ1v) is 7.70. The molecule has 1 aromatic heterocycles. The van der Waals surface area contributed by atoms with Crippen LogP contribution in [0.2, 0.25) is 0 Å². The number of aromatic nitrogens is 2. The van der Waals surface area contributed by atoms with Gasteiger partial charge in [-0.25, -0.2) is 0 Å². The van der Waals surface area contributed by atoms with E-state index < -0.39 is 0 Å². The van der Waals surface area contributed by atoms with E-state index in [0.29, 0.717) is 12.1 Å². The smallest absolute Gasteiger partial charge is 0.257 e. The molecule has 0 bridgehead atoms. The van der Waals surface area contributed by atoms with Gasteiger partial charge < -0.3 is 9.64 Å². The molecule has 0 spiro atoms. The summed E-state index contributed by atoms with van der Waals surface area (Å²) in [5.41, 5.74) is 1.84. The van der Waals surface area contributed by atoms with E-state index in [1.165, 1.54) is 5.56 Å². The first kappa shape index (κ1) is 15.6. The highest BCUT2D eigenvalue weighted by molar-refractivity contribution is 5.93. The van der Waals surface area contributed by atoms with Crippen LogP contribution in [-0.4, -0.2) is 59.3 Å². The average molecular weight is 314 g/mol. The molecular weight excluding hydrogens is 292 g/mol. The van der Waals surface area contributed by atoms with E-state index in [0.717, 1.165) is 18.8 Å². The van der Waals surface area contributed by atoms with Gasteiger partial charge in [-0.05, 0) is 24.7 Å². The molecule has 0 unspecified atom stereocenters. The van der Waals surface area contributed by atoms with Crippen LogP contribution >= 0.6 is 0 Å². The molecule has 1 fully saturated rings. The van der Waals surface area contributed by atoms with E-state index in [-0.39, 0.29) is 11.9 Å². The number of amides is 1. The van der Waals surface area contributed by atoms with E-state index >= 15 is 0 Å². The summed E-state index contributed by atoms with van der Waals surface area (Å²) in [5.74, 6) is 0.889. The first-order chi connectivity index (χ1) is 11.1. The highest BCUT2D eigenvalue weighted by Crippen LogP contribution is 2.26. The average Bonchev–Trinajstić information content (AvgIpc) is 3.01. The van der Waals surface area contributed by atoms with E-state index in [2.05, 4.69) is 29.2 Å². The molecule has 1 saturated heterocycles. The highest BCUT2D eigenvalue weighted by atomic mass is 16.5. The molecule has 1 aliphatic heterocycles. The van der Waals surface area contributed by atoms with Gasteiger partial charge in [0.25, 0.3) is 5.91 Å². The van der Waals surface area contributed by atoms with Crippen LogP contribution in [0.15, 0.2) is 36.7 Å². The minimum atomic E-state index is 0.0460. The SMILES string of the molecule is COc1ccc([C@@H]2CN(C(=O)c3cnn(C)c3)CCN2C)cc1. The van der Waals surface area contributed by atoms with Crippen molar-refractivity contribution in [3.05, 3.63) is 47.8 Å². The zero-order chi connectivity index (χ0) is 16.4. The number of carbonyl (C=O) groups is 1. The van der Waals surface area contributed by atoms with Crippen molar-refractivity contribution < 1.29 is 9.53 Å². The van der Waals surface area contributed by atoms with Crippen molar-refractivity contribution in [2.24, 2.45) is 7.05 Å².